The van der Waals surface area contributed by atoms with Gasteiger partial charge in [0.15, 0.2) is 0 Å². The molecule has 1 aromatic rings. The van der Waals surface area contributed by atoms with Crippen LogP contribution in [-0.4, -0.2) is 20.3 Å². The second-order valence-electron chi connectivity index (χ2n) is 5.34. The van der Waals surface area contributed by atoms with Crippen LogP contribution in [0.1, 0.15) is 32.4 Å². The number of ether oxygens (including phenoxy) is 1. The number of nitrogens with one attached hydrogen (secondary N) is 1. The average Bonchev–Trinajstić information content (AvgIpc) is 2.25. The quantitative estimate of drug-likeness (QED) is 0.887. The molecule has 0 aliphatic rings. The molecule has 1 aromatic carbocycles. The van der Waals surface area contributed by atoms with Crippen molar-refractivity contribution in [2.24, 2.45) is 5.41 Å². The molecule has 17 heavy (non-hydrogen) atoms. The molecule has 96 valence electrons. The SMILES string of the molecule is CNC(c1ccc(Cl)cc1)C(OC)C(C)(C)C. The Kier molecular flexibility index (Phi) is 4.99. The molecule has 0 saturated heterocycles. The van der Waals surface area contributed by atoms with Gasteiger partial charge in [-0.2, -0.15) is 0 Å². The van der Waals surface area contributed by atoms with Crippen LogP contribution in [0.5, 0.6) is 0 Å². The summed E-state index contributed by atoms with van der Waals surface area (Å²) in [7, 11) is 3.72. The summed E-state index contributed by atoms with van der Waals surface area (Å²) in [5.74, 6) is 0. The fraction of sp³-hybridized carbons (Fsp3) is 0.571. The molecule has 0 spiro atoms. The molecule has 2 atom stereocenters. The lowest BCUT2D eigenvalue weighted by Gasteiger charge is -2.36. The van der Waals surface area contributed by atoms with Gasteiger partial charge in [0, 0.05) is 12.1 Å². The van der Waals surface area contributed by atoms with Crippen molar-refractivity contribution in [1.29, 1.82) is 0 Å². The first-order valence-electron chi connectivity index (χ1n) is 5.85. The van der Waals surface area contributed by atoms with Gasteiger partial charge in [-0.25, -0.2) is 0 Å². The Bertz CT molecular complexity index is 342. The Morgan fingerprint density at radius 2 is 1.71 bits per heavy atom. The van der Waals surface area contributed by atoms with E-state index in [0.29, 0.717) is 0 Å². The summed E-state index contributed by atoms with van der Waals surface area (Å²) in [6.45, 7) is 6.55. The summed E-state index contributed by atoms with van der Waals surface area (Å²) >= 11 is 5.91. The van der Waals surface area contributed by atoms with E-state index in [-0.39, 0.29) is 17.6 Å². The highest BCUT2D eigenvalue weighted by Crippen LogP contribution is 2.32. The summed E-state index contributed by atoms with van der Waals surface area (Å²) in [6, 6.07) is 8.08. The molecule has 0 saturated carbocycles. The average molecular weight is 256 g/mol. The minimum atomic E-state index is 0.0715. The lowest BCUT2D eigenvalue weighted by atomic mass is 9.82. The molecule has 0 amide bonds. The Hall–Kier alpha value is -0.570. The van der Waals surface area contributed by atoms with Crippen molar-refractivity contribution in [1.82, 2.24) is 5.32 Å². The number of hydrogen-bond donors (Lipinski definition) is 1. The molecular formula is C14H22ClNO. The van der Waals surface area contributed by atoms with Crippen LogP contribution in [-0.2, 0) is 4.74 Å². The van der Waals surface area contributed by atoms with Crippen molar-refractivity contribution in [3.05, 3.63) is 34.9 Å². The van der Waals surface area contributed by atoms with Crippen LogP contribution in [0.15, 0.2) is 24.3 Å². The van der Waals surface area contributed by atoms with Crippen LogP contribution >= 0.6 is 11.6 Å². The molecule has 2 unspecified atom stereocenters. The van der Waals surface area contributed by atoms with Crippen LogP contribution in [0, 0.1) is 5.41 Å². The van der Waals surface area contributed by atoms with Crippen molar-refractivity contribution in [3.63, 3.8) is 0 Å². The van der Waals surface area contributed by atoms with Crippen molar-refractivity contribution >= 4 is 11.6 Å². The summed E-state index contributed by atoms with van der Waals surface area (Å²) in [4.78, 5) is 0. The van der Waals surface area contributed by atoms with Crippen LogP contribution in [0.4, 0.5) is 0 Å². The normalized spacial score (nSPS) is 15.6. The number of halogens is 1. The predicted molar refractivity (Wildman–Crippen MR) is 73.5 cm³/mol. The second kappa shape index (κ2) is 5.85. The molecule has 0 aromatic heterocycles. The van der Waals surface area contributed by atoms with Gasteiger partial charge in [0.05, 0.1) is 12.1 Å². The zero-order valence-electron chi connectivity index (χ0n) is 11.3. The molecule has 0 bridgehead atoms. The zero-order chi connectivity index (χ0) is 13.1. The molecule has 0 radical (unpaired) electrons. The van der Waals surface area contributed by atoms with Crippen LogP contribution in [0.25, 0.3) is 0 Å². The minimum Gasteiger partial charge on any atom is -0.379 e. The minimum absolute atomic E-state index is 0.0715. The summed E-state index contributed by atoms with van der Waals surface area (Å²) in [5.41, 5.74) is 1.26. The van der Waals surface area contributed by atoms with Crippen molar-refractivity contribution in [2.75, 3.05) is 14.2 Å². The van der Waals surface area contributed by atoms with Gasteiger partial charge in [0.2, 0.25) is 0 Å². The van der Waals surface area contributed by atoms with Crippen molar-refractivity contribution in [3.8, 4) is 0 Å². The van der Waals surface area contributed by atoms with Crippen LogP contribution in [0.3, 0.4) is 0 Å². The van der Waals surface area contributed by atoms with E-state index in [1.54, 1.807) is 7.11 Å². The van der Waals surface area contributed by atoms with Gasteiger partial charge in [-0.15, -0.1) is 0 Å². The highest BCUT2D eigenvalue weighted by molar-refractivity contribution is 6.30. The zero-order valence-corrected chi connectivity index (χ0v) is 12.0. The van der Waals surface area contributed by atoms with Gasteiger partial charge >= 0.3 is 0 Å². The van der Waals surface area contributed by atoms with Crippen LogP contribution in [0.2, 0.25) is 5.02 Å². The van der Waals surface area contributed by atoms with E-state index in [2.05, 4.69) is 26.1 Å². The van der Waals surface area contributed by atoms with Gasteiger partial charge in [-0.05, 0) is 30.2 Å². The number of benzene rings is 1. The van der Waals surface area contributed by atoms with E-state index < -0.39 is 0 Å². The van der Waals surface area contributed by atoms with E-state index in [9.17, 15) is 0 Å². The van der Waals surface area contributed by atoms with E-state index in [0.717, 1.165) is 5.02 Å². The van der Waals surface area contributed by atoms with Crippen molar-refractivity contribution < 1.29 is 4.74 Å². The van der Waals surface area contributed by atoms with Crippen LogP contribution < -0.4 is 5.32 Å². The Balaban J connectivity index is 3.01. The van der Waals surface area contributed by atoms with E-state index in [4.69, 9.17) is 16.3 Å². The van der Waals surface area contributed by atoms with Gasteiger partial charge in [0.1, 0.15) is 0 Å². The standard InChI is InChI=1S/C14H22ClNO/c1-14(2,3)13(17-5)12(16-4)10-6-8-11(15)9-7-10/h6-9,12-13,16H,1-5H3. The smallest absolute Gasteiger partial charge is 0.0813 e. The maximum absolute atomic E-state index is 5.91. The van der Waals surface area contributed by atoms with E-state index in [1.807, 2.05) is 31.3 Å². The first kappa shape index (κ1) is 14.5. The molecule has 2 nitrogen and oxygen atoms in total. The molecular weight excluding hydrogens is 234 g/mol. The third kappa shape index (κ3) is 3.70. The van der Waals surface area contributed by atoms with Gasteiger partial charge < -0.3 is 10.1 Å². The van der Waals surface area contributed by atoms with E-state index >= 15 is 0 Å². The maximum Gasteiger partial charge on any atom is 0.0813 e. The predicted octanol–water partition coefficient (Wildman–Crippen LogP) is 3.66. The monoisotopic (exact) mass is 255 g/mol. The summed E-state index contributed by atoms with van der Waals surface area (Å²) in [6.07, 6.45) is 0.105. The molecule has 0 fully saturated rings. The molecule has 3 heteroatoms. The van der Waals surface area contributed by atoms with Gasteiger partial charge in [-0.3, -0.25) is 0 Å². The highest BCUT2D eigenvalue weighted by Gasteiger charge is 2.32. The molecule has 0 heterocycles. The molecule has 1 N–H and O–H groups in total. The maximum atomic E-state index is 5.91. The Morgan fingerprint density at radius 1 is 1.18 bits per heavy atom. The van der Waals surface area contributed by atoms with Gasteiger partial charge in [-0.1, -0.05) is 44.5 Å². The number of rotatable bonds is 4. The number of likely N-dealkylation sites (N-methyl/N-ethyl adjacent to an activating group) is 1. The second-order valence-corrected chi connectivity index (χ2v) is 5.78. The molecule has 0 aliphatic carbocycles. The fourth-order valence-electron chi connectivity index (χ4n) is 2.15. The van der Waals surface area contributed by atoms with E-state index in [1.165, 1.54) is 5.56 Å². The summed E-state index contributed by atoms with van der Waals surface area (Å²) in [5, 5.41) is 4.08. The van der Waals surface area contributed by atoms with Gasteiger partial charge in [0.25, 0.3) is 0 Å². The highest BCUT2D eigenvalue weighted by atomic mass is 35.5. The Morgan fingerprint density at radius 3 is 2.06 bits per heavy atom. The summed E-state index contributed by atoms with van der Waals surface area (Å²) < 4.78 is 5.66. The first-order chi connectivity index (χ1) is 7.90. The van der Waals surface area contributed by atoms with Crippen molar-refractivity contribution in [2.45, 2.75) is 32.9 Å². The third-order valence-corrected chi connectivity index (χ3v) is 3.20. The Labute approximate surface area is 109 Å². The topological polar surface area (TPSA) is 21.3 Å². The third-order valence-electron chi connectivity index (χ3n) is 2.95. The number of hydrogen-bond acceptors (Lipinski definition) is 2. The fourth-order valence-corrected chi connectivity index (χ4v) is 2.28. The molecule has 1 rings (SSSR count). The largest absolute Gasteiger partial charge is 0.379 e. The lowest BCUT2D eigenvalue weighted by molar-refractivity contribution is -0.0101. The lowest BCUT2D eigenvalue weighted by Crippen LogP contribution is -2.40. The first-order valence-corrected chi connectivity index (χ1v) is 6.23. The molecule has 0 aliphatic heterocycles. The number of methoxy groups -OCH3 is 1.